The topological polar surface area (TPSA) is 123 Å². The fourth-order valence-corrected chi connectivity index (χ4v) is 4.74. The van der Waals surface area contributed by atoms with Crippen LogP contribution in [-0.2, 0) is 24.3 Å². The third-order valence-electron chi connectivity index (χ3n) is 5.24. The minimum atomic E-state index is -3.75. The molecular weight excluding hydrogens is 470 g/mol. The van der Waals surface area contributed by atoms with Crippen LogP contribution in [0.4, 0.5) is 5.69 Å². The smallest absolute Gasteiger partial charge is 0.331 e. The van der Waals surface area contributed by atoms with Gasteiger partial charge in [-0.25, -0.2) is 13.2 Å². The Morgan fingerprint density at radius 2 is 1.69 bits per heavy atom. The lowest BCUT2D eigenvalue weighted by Crippen LogP contribution is -2.31. The van der Waals surface area contributed by atoms with Crippen molar-refractivity contribution in [1.29, 1.82) is 0 Å². The maximum absolute atomic E-state index is 13.1. The van der Waals surface area contributed by atoms with Gasteiger partial charge < -0.3 is 14.8 Å². The molecular formula is C25H23N3O6S. The molecule has 0 saturated carbocycles. The zero-order valence-electron chi connectivity index (χ0n) is 19.0. The fraction of sp³-hybridized carbons (Fsp3) is 0.160. The van der Waals surface area contributed by atoms with Crippen molar-refractivity contribution in [3.05, 3.63) is 90.0 Å². The van der Waals surface area contributed by atoms with Crippen molar-refractivity contribution >= 4 is 33.4 Å². The molecule has 35 heavy (non-hydrogen) atoms. The zero-order chi connectivity index (χ0) is 25.0. The molecule has 3 aromatic rings. The Hall–Kier alpha value is -4.18. The van der Waals surface area contributed by atoms with E-state index in [0.717, 1.165) is 0 Å². The Morgan fingerprint density at radius 3 is 2.43 bits per heavy atom. The second-order valence-corrected chi connectivity index (χ2v) is 9.35. The van der Waals surface area contributed by atoms with Crippen LogP contribution in [0.5, 0.6) is 5.75 Å². The number of amidine groups is 1. The van der Waals surface area contributed by atoms with Gasteiger partial charge in [0.05, 0.1) is 12.0 Å². The number of anilines is 1. The molecule has 0 aliphatic carbocycles. The van der Waals surface area contributed by atoms with Crippen LogP contribution in [0.3, 0.4) is 0 Å². The Labute approximate surface area is 202 Å². The number of methoxy groups -OCH3 is 1. The number of benzene rings is 3. The first-order valence-corrected chi connectivity index (χ1v) is 12.2. The van der Waals surface area contributed by atoms with E-state index in [1.54, 1.807) is 72.8 Å². The molecule has 1 amide bonds. The lowest BCUT2D eigenvalue weighted by Gasteiger charge is -2.19. The molecule has 1 heterocycles. The van der Waals surface area contributed by atoms with E-state index < -0.39 is 34.0 Å². The molecule has 10 heteroatoms. The third-order valence-corrected chi connectivity index (χ3v) is 6.64. The number of rotatable bonds is 7. The van der Waals surface area contributed by atoms with Gasteiger partial charge in [0.1, 0.15) is 17.6 Å². The number of carbonyl (C=O) groups is 2. The summed E-state index contributed by atoms with van der Waals surface area (Å²) in [6.07, 6.45) is -1.26. The number of fused-ring (bicyclic) bond motifs is 1. The minimum absolute atomic E-state index is 0.0437. The van der Waals surface area contributed by atoms with Crippen LogP contribution in [0.2, 0.25) is 0 Å². The van der Waals surface area contributed by atoms with Crippen LogP contribution in [0.1, 0.15) is 24.2 Å². The SMILES string of the molecule is COc1cccc(NC(=O)C(OC(=O)C(C)N=C2NS(=O)(=O)c3ccccc32)c2ccccc2)c1. The van der Waals surface area contributed by atoms with E-state index in [-0.39, 0.29) is 10.7 Å². The lowest BCUT2D eigenvalue weighted by molar-refractivity contribution is -0.155. The molecule has 2 N–H and O–H groups in total. The highest BCUT2D eigenvalue weighted by atomic mass is 32.2. The number of esters is 1. The van der Waals surface area contributed by atoms with Gasteiger partial charge in [-0.3, -0.25) is 14.5 Å². The highest BCUT2D eigenvalue weighted by Crippen LogP contribution is 2.25. The molecule has 2 unspecified atom stereocenters. The maximum atomic E-state index is 13.1. The number of carbonyl (C=O) groups excluding carboxylic acids is 2. The Kier molecular flexibility index (Phi) is 6.83. The number of ether oxygens (including phenoxy) is 2. The molecule has 0 spiro atoms. The van der Waals surface area contributed by atoms with Crippen molar-refractivity contribution in [2.24, 2.45) is 4.99 Å². The van der Waals surface area contributed by atoms with E-state index in [4.69, 9.17) is 9.47 Å². The summed E-state index contributed by atoms with van der Waals surface area (Å²) in [5.74, 6) is -0.762. The standard InChI is InChI=1S/C25H23N3O6S/c1-16(26-23-20-13-6-7-14-21(20)35(31,32)28-23)25(30)34-22(17-9-4-3-5-10-17)24(29)27-18-11-8-12-19(15-18)33-2/h3-16,22H,1-2H3,(H,26,28)(H,27,29). The average Bonchev–Trinajstić information content (AvgIpc) is 3.12. The Bertz CT molecular complexity index is 1390. The van der Waals surface area contributed by atoms with Crippen LogP contribution in [0.15, 0.2) is 88.8 Å². The summed E-state index contributed by atoms with van der Waals surface area (Å²) < 4.78 is 37.7. The van der Waals surface area contributed by atoms with Crippen molar-refractivity contribution in [2.45, 2.75) is 24.0 Å². The summed E-state index contributed by atoms with van der Waals surface area (Å²) in [5.41, 5.74) is 1.30. The van der Waals surface area contributed by atoms with Gasteiger partial charge >= 0.3 is 5.97 Å². The van der Waals surface area contributed by atoms with Crippen molar-refractivity contribution in [2.75, 3.05) is 12.4 Å². The first-order valence-electron chi connectivity index (χ1n) is 10.7. The fourth-order valence-electron chi connectivity index (χ4n) is 3.50. The first kappa shape index (κ1) is 24.0. The monoisotopic (exact) mass is 493 g/mol. The molecule has 2 atom stereocenters. The summed E-state index contributed by atoms with van der Waals surface area (Å²) in [6.45, 7) is 1.46. The number of sulfonamides is 1. The van der Waals surface area contributed by atoms with Crippen molar-refractivity contribution in [1.82, 2.24) is 4.72 Å². The largest absolute Gasteiger partial charge is 0.497 e. The van der Waals surface area contributed by atoms with Crippen molar-refractivity contribution < 1.29 is 27.5 Å². The Balaban J connectivity index is 1.56. The van der Waals surface area contributed by atoms with Gasteiger partial charge in [0.2, 0.25) is 6.10 Å². The predicted octanol–water partition coefficient (Wildman–Crippen LogP) is 3.05. The van der Waals surface area contributed by atoms with Crippen LogP contribution >= 0.6 is 0 Å². The first-order chi connectivity index (χ1) is 16.8. The van der Waals surface area contributed by atoms with E-state index in [0.29, 0.717) is 22.6 Å². The number of amides is 1. The van der Waals surface area contributed by atoms with Gasteiger partial charge in [0.25, 0.3) is 15.9 Å². The van der Waals surface area contributed by atoms with Gasteiger partial charge in [0, 0.05) is 22.9 Å². The molecule has 0 aromatic heterocycles. The summed E-state index contributed by atoms with van der Waals surface area (Å²) in [6, 6.07) is 20.6. The normalized spacial score (nSPS) is 16.5. The molecule has 4 rings (SSSR count). The molecule has 0 saturated heterocycles. The highest BCUT2D eigenvalue weighted by molar-refractivity contribution is 7.90. The van der Waals surface area contributed by atoms with E-state index in [9.17, 15) is 18.0 Å². The van der Waals surface area contributed by atoms with Crippen LogP contribution in [0.25, 0.3) is 0 Å². The summed E-state index contributed by atoms with van der Waals surface area (Å²) in [7, 11) is -2.24. The second-order valence-electron chi connectivity index (χ2n) is 7.70. The number of aliphatic imine (C=N–C) groups is 1. The quantitative estimate of drug-likeness (QED) is 0.488. The van der Waals surface area contributed by atoms with Crippen molar-refractivity contribution in [3.8, 4) is 5.75 Å². The molecule has 0 fully saturated rings. The second kappa shape index (κ2) is 9.98. The highest BCUT2D eigenvalue weighted by Gasteiger charge is 2.32. The molecule has 3 aromatic carbocycles. The minimum Gasteiger partial charge on any atom is -0.497 e. The van der Waals surface area contributed by atoms with Crippen molar-refractivity contribution in [3.63, 3.8) is 0 Å². The zero-order valence-corrected chi connectivity index (χ0v) is 19.8. The Morgan fingerprint density at radius 1 is 0.971 bits per heavy atom. The van der Waals surface area contributed by atoms with E-state index in [1.165, 1.54) is 20.1 Å². The van der Waals surface area contributed by atoms with E-state index in [1.807, 2.05) is 0 Å². The number of nitrogens with one attached hydrogen (secondary N) is 2. The summed E-state index contributed by atoms with van der Waals surface area (Å²) >= 11 is 0. The summed E-state index contributed by atoms with van der Waals surface area (Å²) in [4.78, 5) is 30.4. The maximum Gasteiger partial charge on any atom is 0.331 e. The van der Waals surface area contributed by atoms with Gasteiger partial charge in [-0.05, 0) is 31.2 Å². The molecule has 180 valence electrons. The van der Waals surface area contributed by atoms with Gasteiger partial charge in [0.15, 0.2) is 0 Å². The van der Waals surface area contributed by atoms with E-state index >= 15 is 0 Å². The molecule has 0 bridgehead atoms. The lowest BCUT2D eigenvalue weighted by atomic mass is 10.1. The number of hydrogen-bond donors (Lipinski definition) is 2. The molecule has 0 radical (unpaired) electrons. The van der Waals surface area contributed by atoms with Gasteiger partial charge in [-0.15, -0.1) is 0 Å². The van der Waals surface area contributed by atoms with E-state index in [2.05, 4.69) is 15.0 Å². The van der Waals surface area contributed by atoms with Crippen LogP contribution in [0, 0.1) is 0 Å². The third kappa shape index (κ3) is 5.33. The van der Waals surface area contributed by atoms with Gasteiger partial charge in [-0.1, -0.05) is 48.5 Å². The van der Waals surface area contributed by atoms with Crippen LogP contribution < -0.4 is 14.8 Å². The molecule has 1 aliphatic heterocycles. The summed E-state index contributed by atoms with van der Waals surface area (Å²) in [5, 5.41) is 2.73. The predicted molar refractivity (Wildman–Crippen MR) is 130 cm³/mol. The molecule has 1 aliphatic rings. The number of nitrogens with zero attached hydrogens (tertiary/aromatic N) is 1. The average molecular weight is 494 g/mol. The van der Waals surface area contributed by atoms with Crippen LogP contribution in [-0.4, -0.2) is 39.3 Å². The number of hydrogen-bond acceptors (Lipinski definition) is 7. The van der Waals surface area contributed by atoms with Gasteiger partial charge in [-0.2, -0.15) is 0 Å². The molecule has 9 nitrogen and oxygen atoms in total.